The number of fused-ring (bicyclic) bond motifs is 3. The molecule has 1 N–H and O–H groups in total. The maximum absolute atomic E-state index is 6.70. The highest BCUT2D eigenvalue weighted by atomic mass is 35.5. The number of benzene rings is 4. The third-order valence-electron chi connectivity index (χ3n) is 8.13. The zero-order valence-electron chi connectivity index (χ0n) is 24.7. The SMILES string of the molecule is CCOc1cc(C=Nc2ccc([C@@H]3Nc4ccc(C)cc4[C@@H]4C=CC[C@@H]43)cc2)cc(Cl)c1OCc1cc(C)cc(C)c1. The van der Waals surface area contributed by atoms with Crippen LogP contribution in [0.1, 0.15) is 64.2 Å². The van der Waals surface area contributed by atoms with Crippen molar-refractivity contribution >= 4 is 29.2 Å². The minimum atomic E-state index is 0.266. The Morgan fingerprint density at radius 1 is 0.905 bits per heavy atom. The summed E-state index contributed by atoms with van der Waals surface area (Å²) < 4.78 is 12.1. The van der Waals surface area contributed by atoms with Crippen LogP contribution in [0.5, 0.6) is 11.5 Å². The van der Waals surface area contributed by atoms with Crippen molar-refractivity contribution in [2.24, 2.45) is 10.9 Å². The predicted octanol–water partition coefficient (Wildman–Crippen LogP) is 9.82. The van der Waals surface area contributed by atoms with Crippen LogP contribution < -0.4 is 14.8 Å². The van der Waals surface area contributed by atoms with Gasteiger partial charge in [0.05, 0.1) is 23.4 Å². The second kappa shape index (κ2) is 12.1. The minimum absolute atomic E-state index is 0.266. The zero-order chi connectivity index (χ0) is 29.2. The molecule has 4 aromatic carbocycles. The lowest BCUT2D eigenvalue weighted by molar-refractivity contribution is 0.269. The van der Waals surface area contributed by atoms with E-state index in [1.54, 1.807) is 0 Å². The van der Waals surface area contributed by atoms with E-state index in [0.717, 1.165) is 23.2 Å². The van der Waals surface area contributed by atoms with Gasteiger partial charge in [0.1, 0.15) is 6.61 Å². The van der Waals surface area contributed by atoms with Crippen LogP contribution in [0, 0.1) is 26.7 Å². The van der Waals surface area contributed by atoms with Crippen molar-refractivity contribution in [3.63, 3.8) is 0 Å². The lowest BCUT2D eigenvalue weighted by atomic mass is 9.76. The van der Waals surface area contributed by atoms with Crippen molar-refractivity contribution in [1.82, 2.24) is 0 Å². The van der Waals surface area contributed by atoms with E-state index in [1.807, 2.05) is 25.3 Å². The summed E-state index contributed by atoms with van der Waals surface area (Å²) in [6.07, 6.45) is 7.63. The van der Waals surface area contributed by atoms with Gasteiger partial charge in [0.15, 0.2) is 11.5 Å². The average Bonchev–Trinajstić information content (AvgIpc) is 3.46. The number of rotatable bonds is 8. The fraction of sp³-hybridized carbons (Fsp3) is 0.270. The number of ether oxygens (including phenoxy) is 2. The van der Waals surface area contributed by atoms with Crippen molar-refractivity contribution in [3.8, 4) is 11.5 Å². The molecule has 4 aromatic rings. The third kappa shape index (κ3) is 5.96. The Balaban J connectivity index is 1.18. The number of nitrogens with one attached hydrogen (secondary N) is 1. The Hall–Kier alpha value is -4.02. The Morgan fingerprint density at radius 2 is 1.69 bits per heavy atom. The molecule has 6 rings (SSSR count). The first kappa shape index (κ1) is 28.1. The van der Waals surface area contributed by atoms with Crippen LogP contribution in [-0.2, 0) is 6.61 Å². The smallest absolute Gasteiger partial charge is 0.180 e. The van der Waals surface area contributed by atoms with Gasteiger partial charge < -0.3 is 14.8 Å². The topological polar surface area (TPSA) is 42.8 Å². The maximum atomic E-state index is 6.70. The molecule has 0 saturated heterocycles. The highest BCUT2D eigenvalue weighted by Gasteiger charge is 2.37. The molecule has 1 heterocycles. The summed E-state index contributed by atoms with van der Waals surface area (Å²) in [5.41, 5.74) is 10.5. The highest BCUT2D eigenvalue weighted by Crippen LogP contribution is 2.50. The van der Waals surface area contributed by atoms with Crippen LogP contribution in [0.15, 0.2) is 89.9 Å². The van der Waals surface area contributed by atoms with Crippen LogP contribution in [0.4, 0.5) is 11.4 Å². The first-order valence-electron chi connectivity index (χ1n) is 14.7. The molecular formula is C37H37ClN2O2. The maximum Gasteiger partial charge on any atom is 0.180 e. The van der Waals surface area contributed by atoms with Gasteiger partial charge in [-0.3, -0.25) is 4.99 Å². The van der Waals surface area contributed by atoms with E-state index in [9.17, 15) is 0 Å². The summed E-state index contributed by atoms with van der Waals surface area (Å²) in [6, 6.07) is 25.8. The van der Waals surface area contributed by atoms with Crippen LogP contribution in [-0.4, -0.2) is 12.8 Å². The van der Waals surface area contributed by atoms with Gasteiger partial charge in [-0.05, 0) is 92.6 Å². The van der Waals surface area contributed by atoms with Crippen molar-refractivity contribution in [2.75, 3.05) is 11.9 Å². The summed E-state index contributed by atoms with van der Waals surface area (Å²) in [5, 5.41) is 4.33. The lowest BCUT2D eigenvalue weighted by Crippen LogP contribution is -2.29. The monoisotopic (exact) mass is 576 g/mol. The zero-order valence-corrected chi connectivity index (χ0v) is 25.4. The van der Waals surface area contributed by atoms with Gasteiger partial charge in [0.25, 0.3) is 0 Å². The summed E-state index contributed by atoms with van der Waals surface area (Å²) in [5.74, 6) is 2.14. The molecule has 4 nitrogen and oxygen atoms in total. The van der Waals surface area contributed by atoms with E-state index in [0.29, 0.717) is 41.6 Å². The van der Waals surface area contributed by atoms with Crippen molar-refractivity contribution in [2.45, 2.75) is 52.7 Å². The van der Waals surface area contributed by atoms with Crippen LogP contribution in [0.3, 0.4) is 0 Å². The van der Waals surface area contributed by atoms with E-state index in [2.05, 4.69) is 98.9 Å². The molecule has 0 unspecified atom stereocenters. The Morgan fingerprint density at radius 3 is 2.45 bits per heavy atom. The number of nitrogens with zero attached hydrogens (tertiary/aromatic N) is 1. The Labute approximate surface area is 254 Å². The third-order valence-corrected chi connectivity index (χ3v) is 8.41. The second-order valence-electron chi connectivity index (χ2n) is 11.5. The van der Waals surface area contributed by atoms with Gasteiger partial charge in [0, 0.05) is 17.8 Å². The molecule has 1 aliphatic carbocycles. The molecule has 0 fully saturated rings. The van der Waals surface area contributed by atoms with E-state index in [1.165, 1.54) is 33.5 Å². The number of allylic oxidation sites excluding steroid dienone is 2. The molecule has 0 spiro atoms. The fourth-order valence-corrected chi connectivity index (χ4v) is 6.61. The second-order valence-corrected chi connectivity index (χ2v) is 11.9. The standard InChI is InChI=1S/C37H37ClN2O2/c1-5-41-35-20-26(19-33(38)37(35)42-22-27-16-24(3)15-25(4)17-27)21-39-29-12-10-28(11-13-29)36-31-8-6-7-30(31)32-18-23(2)9-14-34(32)40-36/h6-7,9-21,30-31,36,40H,5,8,22H2,1-4H3/t30-,31+,36+/m1/s1. The van der Waals surface area contributed by atoms with E-state index < -0.39 is 0 Å². The summed E-state index contributed by atoms with van der Waals surface area (Å²) in [7, 11) is 0. The molecular weight excluding hydrogens is 540 g/mol. The summed E-state index contributed by atoms with van der Waals surface area (Å²) in [4.78, 5) is 4.75. The highest BCUT2D eigenvalue weighted by molar-refractivity contribution is 6.32. The van der Waals surface area contributed by atoms with Gasteiger partial charge in [-0.25, -0.2) is 0 Å². The van der Waals surface area contributed by atoms with Crippen molar-refractivity contribution in [1.29, 1.82) is 0 Å². The van der Waals surface area contributed by atoms with Crippen molar-refractivity contribution < 1.29 is 9.47 Å². The molecule has 0 bridgehead atoms. The lowest BCUT2D eigenvalue weighted by Gasteiger charge is -2.37. The van der Waals surface area contributed by atoms with Gasteiger partial charge in [-0.1, -0.05) is 82.9 Å². The number of hydrogen-bond donors (Lipinski definition) is 1. The molecule has 1 aliphatic heterocycles. The van der Waals surface area contributed by atoms with Crippen LogP contribution >= 0.6 is 11.6 Å². The van der Waals surface area contributed by atoms with Crippen LogP contribution in [0.2, 0.25) is 5.02 Å². The molecule has 2 aliphatic rings. The molecule has 0 amide bonds. The number of halogens is 1. The summed E-state index contributed by atoms with van der Waals surface area (Å²) >= 11 is 6.70. The fourth-order valence-electron chi connectivity index (χ4n) is 6.33. The number of aryl methyl sites for hydroxylation is 3. The molecule has 3 atom stereocenters. The number of aliphatic imine (C=N–C) groups is 1. The first-order valence-corrected chi connectivity index (χ1v) is 15.1. The van der Waals surface area contributed by atoms with Gasteiger partial charge in [-0.15, -0.1) is 0 Å². The average molecular weight is 577 g/mol. The largest absolute Gasteiger partial charge is 0.490 e. The Kier molecular flexibility index (Phi) is 8.08. The minimum Gasteiger partial charge on any atom is -0.490 e. The van der Waals surface area contributed by atoms with Gasteiger partial charge in [0.2, 0.25) is 0 Å². The normalized spacial score (nSPS) is 18.9. The van der Waals surface area contributed by atoms with E-state index >= 15 is 0 Å². The number of anilines is 1. The van der Waals surface area contributed by atoms with Gasteiger partial charge >= 0.3 is 0 Å². The molecule has 214 valence electrons. The molecule has 0 aromatic heterocycles. The molecule has 5 heteroatoms. The molecule has 42 heavy (non-hydrogen) atoms. The van der Waals surface area contributed by atoms with Crippen molar-refractivity contribution in [3.05, 3.63) is 129 Å². The Bertz CT molecular complexity index is 1640. The van der Waals surface area contributed by atoms with Crippen LogP contribution in [0.25, 0.3) is 0 Å². The predicted molar refractivity (Wildman–Crippen MR) is 174 cm³/mol. The van der Waals surface area contributed by atoms with Gasteiger partial charge in [-0.2, -0.15) is 0 Å². The first-order chi connectivity index (χ1) is 20.4. The summed E-state index contributed by atoms with van der Waals surface area (Å²) in [6.45, 7) is 9.22. The molecule has 0 saturated carbocycles. The quantitative estimate of drug-likeness (QED) is 0.168. The molecule has 0 radical (unpaired) electrons. The van der Waals surface area contributed by atoms with E-state index in [4.69, 9.17) is 26.1 Å². The number of hydrogen-bond acceptors (Lipinski definition) is 4. The van der Waals surface area contributed by atoms with E-state index in [-0.39, 0.29) is 6.04 Å².